The van der Waals surface area contributed by atoms with Crippen molar-refractivity contribution in [3.8, 4) is 6.07 Å². The van der Waals surface area contributed by atoms with Crippen LogP contribution in [0.25, 0.3) is 10.2 Å². The number of hydrogen-bond acceptors (Lipinski definition) is 7. The smallest absolute Gasteiger partial charge is 0.282 e. The maximum absolute atomic E-state index is 11.0. The van der Waals surface area contributed by atoms with Crippen LogP contribution in [0, 0.1) is 11.3 Å². The van der Waals surface area contributed by atoms with Gasteiger partial charge in [-0.1, -0.05) is 12.1 Å². The number of nitriles is 1. The summed E-state index contributed by atoms with van der Waals surface area (Å²) in [5.74, 6) is 0. The summed E-state index contributed by atoms with van der Waals surface area (Å²) in [7, 11) is -4.24. The molecule has 1 aromatic heterocycles. The molecule has 120 valence electrons. The van der Waals surface area contributed by atoms with Crippen molar-refractivity contribution in [1.82, 2.24) is 4.98 Å². The van der Waals surface area contributed by atoms with E-state index in [1.54, 1.807) is 0 Å². The number of benzene rings is 2. The number of anilines is 1. The number of rotatable bonds is 4. The molecule has 1 heterocycles. The zero-order chi connectivity index (χ0) is 17.2. The average molecular weight is 358 g/mol. The molecular weight excluding hydrogens is 348 g/mol. The van der Waals surface area contributed by atoms with Crippen molar-refractivity contribution in [3.63, 3.8) is 0 Å². The second-order valence-corrected chi connectivity index (χ2v) is 7.12. The molecule has 0 unspecified atom stereocenters. The summed E-state index contributed by atoms with van der Waals surface area (Å²) in [5, 5.41) is 13.8. The van der Waals surface area contributed by atoms with Crippen LogP contribution in [0.2, 0.25) is 0 Å². The third kappa shape index (κ3) is 3.41. The predicted molar refractivity (Wildman–Crippen MR) is 91.6 cm³/mol. The number of aromatic nitrogens is 1. The van der Waals surface area contributed by atoms with E-state index in [9.17, 15) is 13.7 Å². The van der Waals surface area contributed by atoms with Gasteiger partial charge in [0.1, 0.15) is 6.07 Å². The molecule has 2 N–H and O–H groups in total. The van der Waals surface area contributed by atoms with Crippen LogP contribution in [-0.4, -0.2) is 23.7 Å². The Hall–Kier alpha value is -2.80. The molecule has 0 saturated heterocycles. The quantitative estimate of drug-likeness (QED) is 0.421. The summed E-state index contributed by atoms with van der Waals surface area (Å²) >= 11 is 1.35. The fraction of sp³-hybridized carbons (Fsp3) is 0. The first-order valence-corrected chi connectivity index (χ1v) is 8.90. The monoisotopic (exact) mass is 358 g/mol. The summed E-state index contributed by atoms with van der Waals surface area (Å²) in [4.78, 5) is 4.14. The molecule has 0 aliphatic heterocycles. The molecule has 0 fully saturated rings. The maximum Gasteiger partial charge on any atom is 0.294 e. The molecule has 0 atom stereocenters. The molecule has 0 spiro atoms. The van der Waals surface area contributed by atoms with Crippen LogP contribution in [-0.2, 0) is 10.1 Å². The van der Waals surface area contributed by atoms with Crippen molar-refractivity contribution in [2.75, 3.05) is 5.43 Å². The highest BCUT2D eigenvalue weighted by Gasteiger charge is 2.11. The van der Waals surface area contributed by atoms with Gasteiger partial charge in [-0.2, -0.15) is 18.8 Å². The average Bonchev–Trinajstić information content (AvgIpc) is 2.99. The summed E-state index contributed by atoms with van der Waals surface area (Å²) in [6.45, 7) is 0. The largest absolute Gasteiger partial charge is 0.294 e. The van der Waals surface area contributed by atoms with Crippen molar-refractivity contribution < 1.29 is 13.0 Å². The zero-order valence-electron chi connectivity index (χ0n) is 12.0. The standard InChI is InChI=1S/C15H10N4O3S2/c16-9-13(15-17-12-3-1-2-4-14(12)23-15)19-18-10-5-7-11(8-6-10)24(20,21)22/h1-8,18H,(H,20,21,22). The topological polar surface area (TPSA) is 115 Å². The minimum atomic E-state index is -4.24. The van der Waals surface area contributed by atoms with Crippen molar-refractivity contribution in [3.05, 3.63) is 53.5 Å². The first kappa shape index (κ1) is 16.1. The molecule has 2 aromatic carbocycles. The van der Waals surface area contributed by atoms with Gasteiger partial charge in [-0.15, -0.1) is 11.3 Å². The van der Waals surface area contributed by atoms with Crippen molar-refractivity contribution in [2.45, 2.75) is 4.90 Å². The highest BCUT2D eigenvalue weighted by molar-refractivity contribution is 7.85. The van der Waals surface area contributed by atoms with Crippen LogP contribution in [0.4, 0.5) is 5.69 Å². The van der Waals surface area contributed by atoms with Crippen LogP contribution < -0.4 is 5.43 Å². The lowest BCUT2D eigenvalue weighted by Gasteiger charge is -2.02. The Morgan fingerprint density at radius 2 is 1.92 bits per heavy atom. The van der Waals surface area contributed by atoms with Gasteiger partial charge < -0.3 is 0 Å². The number of para-hydroxylation sites is 1. The van der Waals surface area contributed by atoms with Gasteiger partial charge in [0, 0.05) is 0 Å². The Labute approximate surface area is 141 Å². The van der Waals surface area contributed by atoms with E-state index < -0.39 is 10.1 Å². The number of thiazole rings is 1. The second kappa shape index (κ2) is 6.37. The van der Waals surface area contributed by atoms with Gasteiger partial charge in [-0.3, -0.25) is 9.98 Å². The lowest BCUT2D eigenvalue weighted by molar-refractivity contribution is 0.483. The highest BCUT2D eigenvalue weighted by atomic mass is 32.2. The van der Waals surface area contributed by atoms with Crippen molar-refractivity contribution in [1.29, 1.82) is 5.26 Å². The first-order chi connectivity index (χ1) is 11.5. The Balaban J connectivity index is 1.85. The molecule has 9 heteroatoms. The third-order valence-corrected chi connectivity index (χ3v) is 4.96. The molecule has 0 aliphatic rings. The van der Waals surface area contributed by atoms with Gasteiger partial charge in [0.25, 0.3) is 10.1 Å². The Morgan fingerprint density at radius 1 is 1.21 bits per heavy atom. The summed E-state index contributed by atoms with van der Waals surface area (Å²) in [5.41, 5.74) is 4.05. The van der Waals surface area contributed by atoms with Gasteiger partial charge in [0.2, 0.25) is 0 Å². The minimum absolute atomic E-state index is 0.120. The van der Waals surface area contributed by atoms with Crippen molar-refractivity contribution in [2.24, 2.45) is 5.10 Å². The van der Waals surface area contributed by atoms with Gasteiger partial charge >= 0.3 is 0 Å². The fourth-order valence-electron chi connectivity index (χ4n) is 1.92. The number of fused-ring (bicyclic) bond motifs is 1. The molecule has 3 rings (SSSR count). The summed E-state index contributed by atoms with van der Waals surface area (Å²) in [6.07, 6.45) is 0. The lowest BCUT2D eigenvalue weighted by atomic mass is 10.3. The van der Waals surface area contributed by atoms with Crippen LogP contribution >= 0.6 is 11.3 Å². The van der Waals surface area contributed by atoms with E-state index in [0.717, 1.165) is 10.2 Å². The molecule has 24 heavy (non-hydrogen) atoms. The highest BCUT2D eigenvalue weighted by Crippen LogP contribution is 2.22. The third-order valence-electron chi connectivity index (χ3n) is 3.05. The second-order valence-electron chi connectivity index (χ2n) is 4.67. The number of hydrazone groups is 1. The van der Waals surface area contributed by atoms with Gasteiger partial charge in [-0.05, 0) is 36.4 Å². The van der Waals surface area contributed by atoms with E-state index in [1.807, 2.05) is 30.3 Å². The Bertz CT molecular complexity index is 1030. The van der Waals surface area contributed by atoms with Crippen LogP contribution in [0.5, 0.6) is 0 Å². The van der Waals surface area contributed by atoms with E-state index in [4.69, 9.17) is 4.55 Å². The first-order valence-electron chi connectivity index (χ1n) is 6.65. The van der Waals surface area contributed by atoms with Crippen LogP contribution in [0.3, 0.4) is 0 Å². The van der Waals surface area contributed by atoms with Gasteiger partial charge in [0.05, 0.1) is 20.8 Å². The molecule has 0 saturated carbocycles. The van der Waals surface area contributed by atoms with E-state index in [-0.39, 0.29) is 10.6 Å². The minimum Gasteiger partial charge on any atom is -0.282 e. The number of hydrogen-bond donors (Lipinski definition) is 2. The van der Waals surface area contributed by atoms with E-state index >= 15 is 0 Å². The van der Waals surface area contributed by atoms with E-state index in [2.05, 4.69) is 15.5 Å². The lowest BCUT2D eigenvalue weighted by Crippen LogP contribution is -2.02. The zero-order valence-corrected chi connectivity index (χ0v) is 13.7. The summed E-state index contributed by atoms with van der Waals surface area (Å²) < 4.78 is 31.8. The molecular formula is C15H10N4O3S2. The van der Waals surface area contributed by atoms with Crippen LogP contribution in [0.1, 0.15) is 5.01 Å². The Kier molecular flexibility index (Phi) is 4.26. The van der Waals surface area contributed by atoms with Gasteiger partial charge in [0.15, 0.2) is 10.7 Å². The molecule has 0 aliphatic carbocycles. The predicted octanol–water partition coefficient (Wildman–Crippen LogP) is 2.88. The van der Waals surface area contributed by atoms with Crippen LogP contribution in [0.15, 0.2) is 58.5 Å². The van der Waals surface area contributed by atoms with Gasteiger partial charge in [-0.25, -0.2) is 4.98 Å². The molecule has 0 amide bonds. The Morgan fingerprint density at radius 3 is 2.54 bits per heavy atom. The fourth-order valence-corrected chi connectivity index (χ4v) is 3.30. The molecule has 7 nitrogen and oxygen atoms in total. The van der Waals surface area contributed by atoms with E-state index in [1.165, 1.54) is 35.6 Å². The maximum atomic E-state index is 11.0. The van der Waals surface area contributed by atoms with Crippen molar-refractivity contribution >= 4 is 43.1 Å². The number of nitrogens with zero attached hydrogens (tertiary/aromatic N) is 3. The molecule has 3 aromatic rings. The normalized spacial score (nSPS) is 12.1. The molecule has 0 radical (unpaired) electrons. The summed E-state index contributed by atoms with van der Waals surface area (Å²) in [6, 6.07) is 14.8. The number of nitrogens with one attached hydrogen (secondary N) is 1. The molecule has 0 bridgehead atoms. The SMILES string of the molecule is N#CC(=NNc1ccc(S(=O)(=O)O)cc1)c1nc2ccccc2s1. The van der Waals surface area contributed by atoms with E-state index in [0.29, 0.717) is 10.7 Å².